The third kappa shape index (κ3) is 3.99. The van der Waals surface area contributed by atoms with Gasteiger partial charge in [0.1, 0.15) is 5.69 Å². The maximum atomic E-state index is 14.4. The van der Waals surface area contributed by atoms with E-state index in [1.165, 1.54) is 7.11 Å². The summed E-state index contributed by atoms with van der Waals surface area (Å²) in [6, 6.07) is 10.8. The molecule has 0 radical (unpaired) electrons. The van der Waals surface area contributed by atoms with Crippen molar-refractivity contribution in [3.8, 4) is 0 Å². The van der Waals surface area contributed by atoms with Crippen LogP contribution in [-0.4, -0.2) is 27.6 Å². The predicted octanol–water partition coefficient (Wildman–Crippen LogP) is 3.98. The minimum atomic E-state index is -3.63. The maximum absolute atomic E-state index is 14.4. The van der Waals surface area contributed by atoms with E-state index in [4.69, 9.17) is 16.1 Å². The van der Waals surface area contributed by atoms with Gasteiger partial charge in [-0.2, -0.15) is 0 Å². The zero-order valence-electron chi connectivity index (χ0n) is 18.3. The molecule has 2 aromatic carbocycles. The molecular formula is C23H24ClN4O3P. The van der Waals surface area contributed by atoms with Crippen LogP contribution < -0.4 is 15.9 Å². The molecule has 2 aromatic heterocycles. The van der Waals surface area contributed by atoms with Crippen LogP contribution in [0, 0.1) is 13.8 Å². The first kappa shape index (κ1) is 22.3. The second kappa shape index (κ2) is 8.58. The summed E-state index contributed by atoms with van der Waals surface area (Å²) in [4.78, 5) is 20.5. The van der Waals surface area contributed by atoms with Gasteiger partial charge < -0.3 is 19.4 Å². The van der Waals surface area contributed by atoms with Gasteiger partial charge in [-0.1, -0.05) is 28.8 Å². The fraction of sp³-hybridized carbons (Fsp3) is 0.217. The molecule has 2 N–H and O–H groups in total. The Hall–Kier alpha value is -2.86. The monoisotopic (exact) mass is 470 g/mol. The summed E-state index contributed by atoms with van der Waals surface area (Å²) < 4.78 is 21.9. The van der Waals surface area contributed by atoms with Gasteiger partial charge in [0, 0.05) is 41.6 Å². The molecule has 1 unspecified atom stereocenters. The number of carbonyl (C=O) groups excluding carboxylic acids is 1. The van der Waals surface area contributed by atoms with Crippen LogP contribution in [0.3, 0.4) is 0 Å². The summed E-state index contributed by atoms with van der Waals surface area (Å²) in [5.41, 5.74) is 3.59. The number of nitrogens with zero attached hydrogens (tertiary/aromatic N) is 2. The zero-order chi connectivity index (χ0) is 23.0. The Balaban J connectivity index is 1.88. The summed E-state index contributed by atoms with van der Waals surface area (Å²) in [5.74, 6) is -0.393. The van der Waals surface area contributed by atoms with Crippen LogP contribution in [-0.2, 0) is 22.7 Å². The number of amides is 1. The number of aromatic nitrogens is 3. The number of benzene rings is 2. The third-order valence-electron chi connectivity index (χ3n) is 5.40. The van der Waals surface area contributed by atoms with E-state index in [2.05, 4.69) is 15.3 Å². The number of aryl methyl sites for hydroxylation is 3. The van der Waals surface area contributed by atoms with Gasteiger partial charge >= 0.3 is 0 Å². The molecule has 0 saturated heterocycles. The Morgan fingerprint density at radius 3 is 2.56 bits per heavy atom. The van der Waals surface area contributed by atoms with Gasteiger partial charge in [-0.05, 0) is 44.2 Å². The average molecular weight is 471 g/mol. The number of rotatable bonds is 6. The van der Waals surface area contributed by atoms with E-state index >= 15 is 0 Å². The van der Waals surface area contributed by atoms with E-state index < -0.39 is 13.3 Å². The molecule has 4 rings (SSSR count). The highest BCUT2D eigenvalue weighted by Gasteiger charge is 2.36. The molecule has 166 valence electrons. The number of aromatic amines is 1. The smallest absolute Gasteiger partial charge is 0.268 e. The van der Waals surface area contributed by atoms with Crippen molar-refractivity contribution in [2.24, 2.45) is 7.05 Å². The Bertz CT molecular complexity index is 1350. The van der Waals surface area contributed by atoms with Gasteiger partial charge in [0.15, 0.2) is 0 Å². The van der Waals surface area contributed by atoms with Gasteiger partial charge in [-0.25, -0.2) is 4.98 Å². The first-order chi connectivity index (χ1) is 15.2. The minimum Gasteiger partial charge on any atom is -0.350 e. The third-order valence-corrected chi connectivity index (χ3v) is 8.15. The summed E-state index contributed by atoms with van der Waals surface area (Å²) in [6.07, 6.45) is 3.35. The highest BCUT2D eigenvalue weighted by molar-refractivity contribution is 7.75. The summed E-state index contributed by atoms with van der Waals surface area (Å²) in [5, 5.41) is 4.79. The van der Waals surface area contributed by atoms with Gasteiger partial charge in [0.05, 0.1) is 23.9 Å². The van der Waals surface area contributed by atoms with Crippen molar-refractivity contribution in [1.29, 1.82) is 0 Å². The molecule has 2 heterocycles. The molecule has 4 aromatic rings. The largest absolute Gasteiger partial charge is 0.350 e. The molecule has 1 amide bonds. The lowest BCUT2D eigenvalue weighted by Gasteiger charge is -2.19. The lowest BCUT2D eigenvalue weighted by Crippen LogP contribution is -2.30. The average Bonchev–Trinajstić information content (AvgIpc) is 3.34. The Kier molecular flexibility index (Phi) is 5.99. The first-order valence-corrected chi connectivity index (χ1v) is 12.0. The van der Waals surface area contributed by atoms with Crippen LogP contribution in [0.5, 0.6) is 0 Å². The molecule has 0 aliphatic carbocycles. The number of hydrogen-bond acceptors (Lipinski definition) is 4. The zero-order valence-corrected chi connectivity index (χ0v) is 19.9. The molecule has 0 bridgehead atoms. The molecule has 0 aliphatic heterocycles. The molecule has 0 fully saturated rings. The Morgan fingerprint density at radius 2 is 1.94 bits per heavy atom. The number of halogens is 1. The summed E-state index contributed by atoms with van der Waals surface area (Å²) in [6.45, 7) is 4.14. The van der Waals surface area contributed by atoms with Crippen LogP contribution in [0.25, 0.3) is 10.9 Å². The lowest BCUT2D eigenvalue weighted by molar-refractivity contribution is 0.0947. The van der Waals surface area contributed by atoms with Crippen molar-refractivity contribution in [3.05, 3.63) is 76.5 Å². The van der Waals surface area contributed by atoms with Crippen LogP contribution in [0.4, 0.5) is 0 Å². The second-order valence-corrected chi connectivity index (χ2v) is 10.7. The van der Waals surface area contributed by atoms with E-state index in [-0.39, 0.29) is 12.2 Å². The van der Waals surface area contributed by atoms with Crippen molar-refractivity contribution < 1.29 is 13.9 Å². The standard InChI is InChI=1S/C23H24ClN4O3P/c1-14-7-15(2)9-18(8-14)32(30,31-4)22-19-10-16(24)5-6-20(19)27-21(22)23(29)26-12-17-11-25-13-28(17)3/h5-11,13,27H,12H2,1-4H3,(H,26,29). The van der Waals surface area contributed by atoms with Gasteiger partial charge in [0.2, 0.25) is 0 Å². The highest BCUT2D eigenvalue weighted by Crippen LogP contribution is 2.47. The number of fused-ring (bicyclic) bond motifs is 1. The molecule has 0 spiro atoms. The van der Waals surface area contributed by atoms with Crippen molar-refractivity contribution in [2.45, 2.75) is 20.4 Å². The van der Waals surface area contributed by atoms with E-state index in [9.17, 15) is 9.36 Å². The topological polar surface area (TPSA) is 89.0 Å². The predicted molar refractivity (Wildman–Crippen MR) is 127 cm³/mol. The fourth-order valence-corrected chi connectivity index (χ4v) is 6.41. The van der Waals surface area contributed by atoms with Gasteiger partial charge in [-0.15, -0.1) is 0 Å². The number of hydrogen-bond donors (Lipinski definition) is 2. The minimum absolute atomic E-state index is 0.189. The first-order valence-electron chi connectivity index (χ1n) is 10.0. The lowest BCUT2D eigenvalue weighted by atomic mass is 10.2. The van der Waals surface area contributed by atoms with Crippen molar-refractivity contribution in [1.82, 2.24) is 19.9 Å². The summed E-state index contributed by atoms with van der Waals surface area (Å²) in [7, 11) is -0.376. The normalized spacial score (nSPS) is 13.3. The fourth-order valence-electron chi connectivity index (χ4n) is 3.88. The SMILES string of the molecule is COP(=O)(c1cc(C)cc(C)c1)c1c(C(=O)NCc2cncn2C)[nH]c2ccc(Cl)cc12. The number of carbonyl (C=O) groups is 1. The van der Waals surface area contributed by atoms with Crippen LogP contribution in [0.1, 0.15) is 27.3 Å². The number of H-pyrrole nitrogens is 1. The number of imidazole rings is 1. The molecule has 0 aliphatic rings. The van der Waals surface area contributed by atoms with E-state index in [0.717, 1.165) is 16.8 Å². The van der Waals surface area contributed by atoms with Crippen LogP contribution >= 0.6 is 19.0 Å². The van der Waals surface area contributed by atoms with Crippen molar-refractivity contribution >= 4 is 46.4 Å². The second-order valence-electron chi connectivity index (χ2n) is 7.80. The van der Waals surface area contributed by atoms with Gasteiger partial charge in [-0.3, -0.25) is 9.36 Å². The molecular weight excluding hydrogens is 447 g/mol. The quantitative estimate of drug-likeness (QED) is 0.417. The maximum Gasteiger partial charge on any atom is 0.268 e. The van der Waals surface area contributed by atoms with Crippen molar-refractivity contribution in [2.75, 3.05) is 7.11 Å². The summed E-state index contributed by atoms with van der Waals surface area (Å²) >= 11 is 6.26. The Morgan fingerprint density at radius 1 is 1.22 bits per heavy atom. The van der Waals surface area contributed by atoms with E-state index in [0.29, 0.717) is 26.5 Å². The molecule has 32 heavy (non-hydrogen) atoms. The highest BCUT2D eigenvalue weighted by atomic mass is 35.5. The van der Waals surface area contributed by atoms with Gasteiger partial charge in [0.25, 0.3) is 13.3 Å². The van der Waals surface area contributed by atoms with Crippen LogP contribution in [0.2, 0.25) is 5.02 Å². The molecule has 0 saturated carbocycles. The molecule has 9 heteroatoms. The molecule has 7 nitrogen and oxygen atoms in total. The molecule has 1 atom stereocenters. The van der Waals surface area contributed by atoms with E-state index in [1.54, 1.807) is 30.7 Å². The van der Waals surface area contributed by atoms with E-state index in [1.807, 2.05) is 43.7 Å². The van der Waals surface area contributed by atoms with Crippen LogP contribution in [0.15, 0.2) is 48.9 Å². The number of nitrogens with one attached hydrogen (secondary N) is 2. The van der Waals surface area contributed by atoms with Crippen molar-refractivity contribution in [3.63, 3.8) is 0 Å². The Labute approximate surface area is 191 Å².